The maximum absolute atomic E-state index is 12.3. The summed E-state index contributed by atoms with van der Waals surface area (Å²) in [5.74, 6) is 0.990. The Kier molecular flexibility index (Phi) is 8.10. The zero-order chi connectivity index (χ0) is 22.1. The molecule has 6 heteroatoms. The number of methoxy groups -OCH3 is 1. The highest BCUT2D eigenvalue weighted by Gasteiger charge is 2.17. The monoisotopic (exact) mass is 422 g/mol. The van der Waals surface area contributed by atoms with Crippen LogP contribution in [0.25, 0.3) is 6.08 Å². The van der Waals surface area contributed by atoms with Crippen LogP contribution < -0.4 is 20.1 Å². The van der Waals surface area contributed by atoms with E-state index in [1.807, 2.05) is 25.1 Å². The Bertz CT molecular complexity index is 916. The molecule has 31 heavy (non-hydrogen) atoms. The number of amides is 2. The quantitative estimate of drug-likeness (QED) is 0.569. The van der Waals surface area contributed by atoms with Gasteiger partial charge in [0.25, 0.3) is 5.91 Å². The highest BCUT2D eigenvalue weighted by atomic mass is 16.5. The van der Waals surface area contributed by atoms with Crippen molar-refractivity contribution in [3.63, 3.8) is 0 Å². The standard InChI is InChI=1S/C25H30N2O4/c1-3-16-31-22-14-8-18(17-23(22)30-2)9-15-24(28)26-21-12-10-19(11-13-21)25(29)27-20-6-4-5-7-20/h8-15,17,20H,3-7,16H2,1-2H3,(H,26,28)(H,27,29). The van der Waals surface area contributed by atoms with E-state index in [0.29, 0.717) is 29.4 Å². The minimum atomic E-state index is -0.256. The average Bonchev–Trinajstić information content (AvgIpc) is 3.30. The second-order valence-electron chi connectivity index (χ2n) is 7.61. The molecular formula is C25H30N2O4. The van der Waals surface area contributed by atoms with Crippen LogP contribution in [-0.2, 0) is 4.79 Å². The molecule has 0 bridgehead atoms. The Morgan fingerprint density at radius 3 is 2.48 bits per heavy atom. The van der Waals surface area contributed by atoms with E-state index in [9.17, 15) is 9.59 Å². The van der Waals surface area contributed by atoms with Crippen LogP contribution in [0, 0.1) is 0 Å². The minimum Gasteiger partial charge on any atom is -0.493 e. The minimum absolute atomic E-state index is 0.0648. The molecule has 2 N–H and O–H groups in total. The van der Waals surface area contributed by atoms with Gasteiger partial charge in [0, 0.05) is 23.4 Å². The molecule has 2 amide bonds. The molecule has 0 unspecified atom stereocenters. The van der Waals surface area contributed by atoms with Crippen molar-refractivity contribution in [2.45, 2.75) is 45.1 Å². The fourth-order valence-corrected chi connectivity index (χ4v) is 3.52. The molecule has 1 fully saturated rings. The van der Waals surface area contributed by atoms with E-state index in [1.54, 1.807) is 37.5 Å². The highest BCUT2D eigenvalue weighted by molar-refractivity contribution is 6.02. The highest BCUT2D eigenvalue weighted by Crippen LogP contribution is 2.28. The normalized spacial score (nSPS) is 13.9. The fraction of sp³-hybridized carbons (Fsp3) is 0.360. The Balaban J connectivity index is 1.55. The summed E-state index contributed by atoms with van der Waals surface area (Å²) in [5, 5.41) is 5.87. The molecule has 164 valence electrons. The van der Waals surface area contributed by atoms with Crippen LogP contribution in [0.15, 0.2) is 48.5 Å². The second-order valence-corrected chi connectivity index (χ2v) is 7.61. The van der Waals surface area contributed by atoms with Gasteiger partial charge in [-0.25, -0.2) is 0 Å². The van der Waals surface area contributed by atoms with Crippen LogP contribution in [0.5, 0.6) is 11.5 Å². The zero-order valence-electron chi connectivity index (χ0n) is 18.1. The molecule has 1 aliphatic carbocycles. The van der Waals surface area contributed by atoms with Crippen LogP contribution in [0.2, 0.25) is 0 Å². The van der Waals surface area contributed by atoms with Crippen LogP contribution in [0.4, 0.5) is 5.69 Å². The molecule has 0 radical (unpaired) electrons. The average molecular weight is 423 g/mol. The molecule has 3 rings (SSSR count). The number of anilines is 1. The largest absolute Gasteiger partial charge is 0.493 e. The number of hydrogen-bond donors (Lipinski definition) is 2. The second kappa shape index (κ2) is 11.2. The van der Waals surface area contributed by atoms with E-state index in [1.165, 1.54) is 18.9 Å². The van der Waals surface area contributed by atoms with Crippen molar-refractivity contribution in [3.05, 3.63) is 59.7 Å². The predicted molar refractivity (Wildman–Crippen MR) is 123 cm³/mol. The van der Waals surface area contributed by atoms with E-state index in [-0.39, 0.29) is 17.9 Å². The summed E-state index contributed by atoms with van der Waals surface area (Å²) in [6.07, 6.45) is 8.53. The van der Waals surface area contributed by atoms with Crippen molar-refractivity contribution < 1.29 is 19.1 Å². The fourth-order valence-electron chi connectivity index (χ4n) is 3.52. The first-order chi connectivity index (χ1) is 15.1. The molecule has 2 aromatic rings. The van der Waals surface area contributed by atoms with E-state index in [4.69, 9.17) is 9.47 Å². The molecule has 0 aromatic heterocycles. The lowest BCUT2D eigenvalue weighted by Crippen LogP contribution is -2.32. The number of nitrogens with one attached hydrogen (secondary N) is 2. The third-order valence-electron chi connectivity index (χ3n) is 5.18. The first-order valence-electron chi connectivity index (χ1n) is 10.8. The van der Waals surface area contributed by atoms with Crippen LogP contribution in [-0.4, -0.2) is 31.6 Å². The van der Waals surface area contributed by atoms with Crippen LogP contribution in [0.3, 0.4) is 0 Å². The zero-order valence-corrected chi connectivity index (χ0v) is 18.1. The van der Waals surface area contributed by atoms with Crippen LogP contribution in [0.1, 0.15) is 54.9 Å². The van der Waals surface area contributed by atoms with E-state index in [0.717, 1.165) is 24.8 Å². The molecular weight excluding hydrogens is 392 g/mol. The number of ether oxygens (including phenoxy) is 2. The maximum atomic E-state index is 12.3. The van der Waals surface area contributed by atoms with Crippen molar-refractivity contribution >= 4 is 23.6 Å². The molecule has 0 heterocycles. The summed E-state index contributed by atoms with van der Waals surface area (Å²) >= 11 is 0. The van der Waals surface area contributed by atoms with E-state index in [2.05, 4.69) is 10.6 Å². The van der Waals surface area contributed by atoms with E-state index < -0.39 is 0 Å². The molecule has 1 aliphatic rings. The molecule has 0 spiro atoms. The summed E-state index contributed by atoms with van der Waals surface area (Å²) in [4.78, 5) is 24.6. The lowest BCUT2D eigenvalue weighted by Gasteiger charge is -2.12. The summed E-state index contributed by atoms with van der Waals surface area (Å²) < 4.78 is 11.0. The third kappa shape index (κ3) is 6.60. The first kappa shape index (κ1) is 22.4. The van der Waals surface area contributed by atoms with Crippen molar-refractivity contribution in [2.24, 2.45) is 0 Å². The number of carbonyl (C=O) groups is 2. The number of rotatable bonds is 9. The van der Waals surface area contributed by atoms with Crippen molar-refractivity contribution in [2.75, 3.05) is 19.0 Å². The summed E-state index contributed by atoms with van der Waals surface area (Å²) in [6, 6.07) is 12.7. The lowest BCUT2D eigenvalue weighted by atomic mass is 10.1. The molecule has 6 nitrogen and oxygen atoms in total. The summed E-state index contributed by atoms with van der Waals surface area (Å²) in [7, 11) is 1.59. The Labute approximate surface area is 183 Å². The summed E-state index contributed by atoms with van der Waals surface area (Å²) in [5.41, 5.74) is 2.06. The number of carbonyl (C=O) groups excluding carboxylic acids is 2. The van der Waals surface area contributed by atoms with Crippen LogP contribution >= 0.6 is 0 Å². The summed E-state index contributed by atoms with van der Waals surface area (Å²) in [6.45, 7) is 2.66. The van der Waals surface area contributed by atoms with Crippen molar-refractivity contribution in [1.29, 1.82) is 0 Å². The van der Waals surface area contributed by atoms with Gasteiger partial charge in [0.05, 0.1) is 13.7 Å². The Morgan fingerprint density at radius 1 is 1.06 bits per heavy atom. The predicted octanol–water partition coefficient (Wildman–Crippen LogP) is 4.81. The smallest absolute Gasteiger partial charge is 0.251 e. The first-order valence-corrected chi connectivity index (χ1v) is 10.8. The van der Waals surface area contributed by atoms with Gasteiger partial charge in [-0.3, -0.25) is 9.59 Å². The Hall–Kier alpha value is -3.28. The van der Waals surface area contributed by atoms with Gasteiger partial charge in [-0.2, -0.15) is 0 Å². The van der Waals surface area contributed by atoms with Gasteiger partial charge in [0.1, 0.15) is 0 Å². The topological polar surface area (TPSA) is 76.7 Å². The number of hydrogen-bond acceptors (Lipinski definition) is 4. The van der Waals surface area contributed by atoms with Gasteiger partial charge < -0.3 is 20.1 Å². The van der Waals surface area contributed by atoms with Gasteiger partial charge in [-0.15, -0.1) is 0 Å². The van der Waals surface area contributed by atoms with Crippen molar-refractivity contribution in [3.8, 4) is 11.5 Å². The molecule has 1 saturated carbocycles. The van der Waals surface area contributed by atoms with Gasteiger partial charge in [-0.05, 0) is 67.3 Å². The SMILES string of the molecule is CCCOc1ccc(C=CC(=O)Nc2ccc(C(=O)NC3CCCC3)cc2)cc1OC. The lowest BCUT2D eigenvalue weighted by molar-refractivity contribution is -0.111. The van der Waals surface area contributed by atoms with Gasteiger partial charge in [-0.1, -0.05) is 25.8 Å². The molecule has 0 saturated heterocycles. The third-order valence-corrected chi connectivity index (χ3v) is 5.18. The maximum Gasteiger partial charge on any atom is 0.251 e. The molecule has 0 aliphatic heterocycles. The van der Waals surface area contributed by atoms with Gasteiger partial charge >= 0.3 is 0 Å². The molecule has 0 atom stereocenters. The van der Waals surface area contributed by atoms with Gasteiger partial charge in [0.2, 0.25) is 5.91 Å². The Morgan fingerprint density at radius 2 is 1.81 bits per heavy atom. The van der Waals surface area contributed by atoms with E-state index >= 15 is 0 Å². The van der Waals surface area contributed by atoms with Crippen molar-refractivity contribution in [1.82, 2.24) is 5.32 Å². The number of benzene rings is 2. The van der Waals surface area contributed by atoms with Gasteiger partial charge in [0.15, 0.2) is 11.5 Å². The molecule has 2 aromatic carbocycles.